The first-order valence-electron chi connectivity index (χ1n) is 10.6. The number of ether oxygens (including phenoxy) is 1. The molecule has 2 aliphatic rings. The van der Waals surface area contributed by atoms with E-state index >= 15 is 0 Å². The number of hydrogen-bond acceptors (Lipinski definition) is 7. The molecule has 0 spiro atoms. The lowest BCUT2D eigenvalue weighted by Gasteiger charge is -2.34. The minimum atomic E-state index is -3.51. The number of sulfonamides is 1. The molecular formula is C21H29N5O3S. The van der Waals surface area contributed by atoms with Crippen LogP contribution >= 0.6 is 0 Å². The Morgan fingerprint density at radius 3 is 1.77 bits per heavy atom. The zero-order valence-electron chi connectivity index (χ0n) is 17.4. The van der Waals surface area contributed by atoms with E-state index in [4.69, 9.17) is 4.74 Å². The highest BCUT2D eigenvalue weighted by atomic mass is 32.2. The summed E-state index contributed by atoms with van der Waals surface area (Å²) in [5, 5.41) is 8.87. The van der Waals surface area contributed by atoms with Crippen molar-refractivity contribution in [3.8, 4) is 5.75 Å². The molecule has 3 heterocycles. The summed E-state index contributed by atoms with van der Waals surface area (Å²) in [6.07, 6.45) is 4.97. The van der Waals surface area contributed by atoms with Crippen LogP contribution in [0.3, 0.4) is 0 Å². The number of nitrogens with zero attached hydrogens (tertiary/aromatic N) is 5. The number of piperazine rings is 1. The van der Waals surface area contributed by atoms with E-state index in [1.165, 1.54) is 30.0 Å². The maximum absolute atomic E-state index is 12.9. The van der Waals surface area contributed by atoms with Gasteiger partial charge >= 0.3 is 0 Å². The fourth-order valence-corrected chi connectivity index (χ4v) is 5.43. The molecule has 0 aliphatic carbocycles. The van der Waals surface area contributed by atoms with Gasteiger partial charge in [0.15, 0.2) is 11.6 Å². The number of aromatic nitrogens is 2. The molecule has 0 unspecified atom stereocenters. The van der Waals surface area contributed by atoms with Gasteiger partial charge in [-0.15, -0.1) is 10.2 Å². The zero-order chi connectivity index (χ0) is 21.0. The standard InChI is InChI=1S/C21H29N5O3S/c1-29-18-6-8-19(9-7-18)30(27,28)26-16-14-25(15-17-26)21-11-10-20(22-23-21)24-12-4-2-3-5-13-24/h6-11H,2-5,12-17H2,1H3. The molecule has 8 nitrogen and oxygen atoms in total. The van der Waals surface area contributed by atoms with E-state index in [0.29, 0.717) is 36.8 Å². The first-order chi connectivity index (χ1) is 14.6. The number of rotatable bonds is 5. The lowest BCUT2D eigenvalue weighted by atomic mass is 10.2. The summed E-state index contributed by atoms with van der Waals surface area (Å²) in [6.45, 7) is 4.10. The minimum Gasteiger partial charge on any atom is -0.497 e. The Labute approximate surface area is 178 Å². The molecule has 0 atom stereocenters. The SMILES string of the molecule is COc1ccc(S(=O)(=O)N2CCN(c3ccc(N4CCCCCC4)nn3)CC2)cc1. The van der Waals surface area contributed by atoms with Crippen LogP contribution in [0.25, 0.3) is 0 Å². The normalized spacial score (nSPS) is 18.8. The Morgan fingerprint density at radius 1 is 0.733 bits per heavy atom. The molecule has 0 saturated carbocycles. The number of methoxy groups -OCH3 is 1. The van der Waals surface area contributed by atoms with E-state index in [0.717, 1.165) is 24.7 Å². The second-order valence-electron chi connectivity index (χ2n) is 7.72. The third-order valence-electron chi connectivity index (χ3n) is 5.83. The molecule has 1 aromatic heterocycles. The fraction of sp³-hybridized carbons (Fsp3) is 0.524. The summed E-state index contributed by atoms with van der Waals surface area (Å²) >= 11 is 0. The van der Waals surface area contributed by atoms with E-state index in [-0.39, 0.29) is 0 Å². The van der Waals surface area contributed by atoms with Crippen molar-refractivity contribution in [2.24, 2.45) is 0 Å². The first kappa shape index (κ1) is 20.9. The number of benzene rings is 1. The van der Waals surface area contributed by atoms with Crippen molar-refractivity contribution in [2.75, 3.05) is 56.2 Å². The molecule has 2 aromatic rings. The smallest absolute Gasteiger partial charge is 0.243 e. The van der Waals surface area contributed by atoms with Crippen molar-refractivity contribution >= 4 is 21.7 Å². The molecule has 9 heteroatoms. The highest BCUT2D eigenvalue weighted by Gasteiger charge is 2.29. The van der Waals surface area contributed by atoms with E-state index in [1.54, 1.807) is 31.4 Å². The summed E-state index contributed by atoms with van der Waals surface area (Å²) in [6, 6.07) is 10.6. The Bertz CT molecular complexity index is 918. The number of hydrogen-bond donors (Lipinski definition) is 0. The van der Waals surface area contributed by atoms with Crippen LogP contribution in [0.1, 0.15) is 25.7 Å². The summed E-state index contributed by atoms with van der Waals surface area (Å²) in [5.74, 6) is 2.37. The Balaban J connectivity index is 1.37. The van der Waals surface area contributed by atoms with Gasteiger partial charge < -0.3 is 14.5 Å². The second-order valence-corrected chi connectivity index (χ2v) is 9.66. The number of anilines is 2. The van der Waals surface area contributed by atoms with Gasteiger partial charge in [-0.3, -0.25) is 0 Å². The molecule has 2 fully saturated rings. The van der Waals surface area contributed by atoms with Gasteiger partial charge in [-0.05, 0) is 49.2 Å². The first-order valence-corrected chi connectivity index (χ1v) is 12.0. The van der Waals surface area contributed by atoms with E-state index < -0.39 is 10.0 Å². The van der Waals surface area contributed by atoms with Crippen LogP contribution < -0.4 is 14.5 Å². The zero-order valence-corrected chi connectivity index (χ0v) is 18.2. The molecule has 0 amide bonds. The fourth-order valence-electron chi connectivity index (χ4n) is 4.01. The molecule has 1 aromatic carbocycles. The highest BCUT2D eigenvalue weighted by Crippen LogP contribution is 2.23. The lowest BCUT2D eigenvalue weighted by molar-refractivity contribution is 0.383. The average Bonchev–Trinajstić information content (AvgIpc) is 3.09. The van der Waals surface area contributed by atoms with Gasteiger partial charge in [-0.2, -0.15) is 4.31 Å². The van der Waals surface area contributed by atoms with Crippen LogP contribution in [0.2, 0.25) is 0 Å². The van der Waals surface area contributed by atoms with E-state index in [2.05, 4.69) is 20.0 Å². The molecule has 0 radical (unpaired) electrons. The topological polar surface area (TPSA) is 78.9 Å². The summed E-state index contributed by atoms with van der Waals surface area (Å²) in [4.78, 5) is 4.70. The van der Waals surface area contributed by atoms with Crippen molar-refractivity contribution in [3.63, 3.8) is 0 Å². The quantitative estimate of drug-likeness (QED) is 0.719. The molecule has 0 bridgehead atoms. The Morgan fingerprint density at radius 2 is 1.27 bits per heavy atom. The van der Waals surface area contributed by atoms with E-state index in [9.17, 15) is 8.42 Å². The highest BCUT2D eigenvalue weighted by molar-refractivity contribution is 7.89. The van der Waals surface area contributed by atoms with E-state index in [1.807, 2.05) is 12.1 Å². The summed E-state index contributed by atoms with van der Waals surface area (Å²) in [5.41, 5.74) is 0. The van der Waals surface area contributed by atoms with Gasteiger partial charge in [0, 0.05) is 39.3 Å². The van der Waals surface area contributed by atoms with Crippen LogP contribution in [0.5, 0.6) is 5.75 Å². The predicted octanol–water partition coefficient (Wildman–Crippen LogP) is 2.38. The van der Waals surface area contributed by atoms with Crippen LogP contribution in [-0.2, 0) is 10.0 Å². The third-order valence-corrected chi connectivity index (χ3v) is 7.74. The molecule has 2 aliphatic heterocycles. The third kappa shape index (κ3) is 4.52. The second kappa shape index (κ2) is 9.18. The molecule has 162 valence electrons. The van der Waals surface area contributed by atoms with Crippen molar-refractivity contribution < 1.29 is 13.2 Å². The van der Waals surface area contributed by atoms with Crippen LogP contribution in [0, 0.1) is 0 Å². The van der Waals surface area contributed by atoms with Gasteiger partial charge in [-0.25, -0.2) is 8.42 Å². The Kier molecular flexibility index (Phi) is 6.38. The van der Waals surface area contributed by atoms with Crippen molar-refractivity contribution in [1.29, 1.82) is 0 Å². The maximum Gasteiger partial charge on any atom is 0.243 e. The van der Waals surface area contributed by atoms with Crippen LogP contribution in [0.4, 0.5) is 11.6 Å². The summed E-state index contributed by atoms with van der Waals surface area (Å²) < 4.78 is 32.5. The van der Waals surface area contributed by atoms with Crippen LogP contribution in [0.15, 0.2) is 41.3 Å². The predicted molar refractivity (Wildman–Crippen MR) is 117 cm³/mol. The van der Waals surface area contributed by atoms with Crippen LogP contribution in [-0.4, -0.2) is 69.3 Å². The largest absolute Gasteiger partial charge is 0.497 e. The summed E-state index contributed by atoms with van der Waals surface area (Å²) in [7, 11) is -1.95. The van der Waals surface area contributed by atoms with Gasteiger partial charge in [0.05, 0.1) is 12.0 Å². The average molecular weight is 432 g/mol. The molecule has 4 rings (SSSR count). The van der Waals surface area contributed by atoms with Crippen molar-refractivity contribution in [2.45, 2.75) is 30.6 Å². The molecule has 2 saturated heterocycles. The van der Waals surface area contributed by atoms with Gasteiger partial charge in [0.25, 0.3) is 0 Å². The molecule has 30 heavy (non-hydrogen) atoms. The monoisotopic (exact) mass is 431 g/mol. The minimum absolute atomic E-state index is 0.290. The maximum atomic E-state index is 12.9. The molecular weight excluding hydrogens is 402 g/mol. The molecule has 0 N–H and O–H groups in total. The lowest BCUT2D eigenvalue weighted by Crippen LogP contribution is -2.49. The van der Waals surface area contributed by atoms with Gasteiger partial charge in [0.2, 0.25) is 10.0 Å². The van der Waals surface area contributed by atoms with Gasteiger partial charge in [0.1, 0.15) is 5.75 Å². The van der Waals surface area contributed by atoms with Crippen molar-refractivity contribution in [1.82, 2.24) is 14.5 Å². The Hall–Kier alpha value is -2.39. The van der Waals surface area contributed by atoms with Gasteiger partial charge in [-0.1, -0.05) is 12.8 Å². The van der Waals surface area contributed by atoms with Crippen molar-refractivity contribution in [3.05, 3.63) is 36.4 Å².